The fourth-order valence-electron chi connectivity index (χ4n) is 2.10. The fourth-order valence-corrected chi connectivity index (χ4v) is 2.10. The molecule has 0 amide bonds. The predicted molar refractivity (Wildman–Crippen MR) is 63.5 cm³/mol. The Bertz CT molecular complexity index is 402. The monoisotopic (exact) mass is 259 g/mol. The molecule has 1 N–H and O–H groups in total. The van der Waals surface area contributed by atoms with Gasteiger partial charge in [-0.2, -0.15) is 13.2 Å². The lowest BCUT2D eigenvalue weighted by Crippen LogP contribution is -2.55. The van der Waals surface area contributed by atoms with Gasteiger partial charge in [0.05, 0.1) is 5.56 Å². The van der Waals surface area contributed by atoms with Crippen LogP contribution in [0.1, 0.15) is 19.4 Å². The molecule has 0 bridgehead atoms. The molecule has 0 spiro atoms. The van der Waals surface area contributed by atoms with Gasteiger partial charge in [0.1, 0.15) is 5.82 Å². The van der Waals surface area contributed by atoms with Crippen LogP contribution in [0, 0.1) is 0 Å². The zero-order chi connectivity index (χ0) is 13.3. The Kier molecular flexibility index (Phi) is 3.47. The molecule has 2 heterocycles. The molecule has 1 aliphatic heterocycles. The Hall–Kier alpha value is -1.30. The van der Waals surface area contributed by atoms with Crippen molar-refractivity contribution in [3.63, 3.8) is 0 Å². The van der Waals surface area contributed by atoms with Gasteiger partial charge >= 0.3 is 6.18 Å². The van der Waals surface area contributed by atoms with Gasteiger partial charge in [-0.1, -0.05) is 0 Å². The predicted octanol–water partition coefficient (Wildman–Crippen LogP) is 2.29. The number of hydrogen-bond acceptors (Lipinski definition) is 3. The van der Waals surface area contributed by atoms with Crippen molar-refractivity contribution in [3.8, 4) is 0 Å². The first-order valence-electron chi connectivity index (χ1n) is 5.93. The number of aromatic nitrogens is 1. The maximum atomic E-state index is 12.4. The van der Waals surface area contributed by atoms with E-state index in [9.17, 15) is 13.2 Å². The van der Waals surface area contributed by atoms with Crippen LogP contribution in [0.4, 0.5) is 19.0 Å². The molecular weight excluding hydrogens is 243 g/mol. The largest absolute Gasteiger partial charge is 0.417 e. The molecule has 6 heteroatoms. The summed E-state index contributed by atoms with van der Waals surface area (Å²) in [6.45, 7) is 5.66. The highest BCUT2D eigenvalue weighted by molar-refractivity contribution is 5.42. The summed E-state index contributed by atoms with van der Waals surface area (Å²) < 4.78 is 37.3. The minimum atomic E-state index is -4.33. The topological polar surface area (TPSA) is 28.2 Å². The summed E-state index contributed by atoms with van der Waals surface area (Å²) in [7, 11) is 0. The minimum absolute atomic E-state index is 0.211. The van der Waals surface area contributed by atoms with E-state index in [1.165, 1.54) is 6.07 Å². The average Bonchev–Trinajstić information content (AvgIpc) is 2.32. The minimum Gasteiger partial charge on any atom is -0.351 e. The molecule has 2 atom stereocenters. The lowest BCUT2D eigenvalue weighted by Gasteiger charge is -2.39. The van der Waals surface area contributed by atoms with E-state index >= 15 is 0 Å². The Morgan fingerprint density at radius 1 is 1.33 bits per heavy atom. The van der Waals surface area contributed by atoms with E-state index in [0.717, 1.165) is 25.4 Å². The molecule has 1 aromatic heterocycles. The summed E-state index contributed by atoms with van der Waals surface area (Å²) >= 11 is 0. The zero-order valence-electron chi connectivity index (χ0n) is 10.3. The molecule has 1 fully saturated rings. The number of rotatable bonds is 1. The maximum absolute atomic E-state index is 12.4. The van der Waals surface area contributed by atoms with Crippen molar-refractivity contribution < 1.29 is 13.2 Å². The summed E-state index contributed by atoms with van der Waals surface area (Å²) in [5, 5.41) is 3.32. The van der Waals surface area contributed by atoms with E-state index in [0.29, 0.717) is 11.9 Å². The van der Waals surface area contributed by atoms with Crippen molar-refractivity contribution >= 4 is 5.82 Å². The van der Waals surface area contributed by atoms with E-state index in [1.807, 2.05) is 11.8 Å². The van der Waals surface area contributed by atoms with Gasteiger partial charge in [-0.05, 0) is 26.0 Å². The maximum Gasteiger partial charge on any atom is 0.417 e. The standard InChI is InChI=1S/C12H16F3N3/c1-8-9(2)18(6-5-16-8)11-4-3-10(7-17-11)12(13,14)15/h3-4,7-9,16H,5-6H2,1-2H3/t8-,9+/m0/s1. The SMILES string of the molecule is C[C@@H]1NCCN(c2ccc(C(F)(F)F)cn2)[C@@H]1C. The molecule has 0 aromatic carbocycles. The highest BCUT2D eigenvalue weighted by Crippen LogP contribution is 2.29. The molecule has 100 valence electrons. The van der Waals surface area contributed by atoms with Crippen molar-refractivity contribution in [2.75, 3.05) is 18.0 Å². The molecule has 1 saturated heterocycles. The first-order chi connectivity index (χ1) is 8.39. The van der Waals surface area contributed by atoms with Crippen molar-refractivity contribution in [3.05, 3.63) is 23.9 Å². The number of nitrogens with zero attached hydrogens (tertiary/aromatic N) is 2. The molecule has 0 unspecified atom stereocenters. The number of hydrogen-bond donors (Lipinski definition) is 1. The lowest BCUT2D eigenvalue weighted by atomic mass is 10.1. The van der Waals surface area contributed by atoms with Gasteiger partial charge in [0.2, 0.25) is 0 Å². The van der Waals surface area contributed by atoms with Crippen LogP contribution in [0.2, 0.25) is 0 Å². The van der Waals surface area contributed by atoms with Crippen LogP contribution >= 0.6 is 0 Å². The van der Waals surface area contributed by atoms with Gasteiger partial charge in [-0.25, -0.2) is 4.98 Å². The number of piperazine rings is 1. The van der Waals surface area contributed by atoms with Gasteiger partial charge in [0.15, 0.2) is 0 Å². The van der Waals surface area contributed by atoms with Crippen molar-refractivity contribution in [2.45, 2.75) is 32.1 Å². The van der Waals surface area contributed by atoms with Crippen LogP contribution in [0.3, 0.4) is 0 Å². The summed E-state index contributed by atoms with van der Waals surface area (Å²) in [6.07, 6.45) is -3.43. The molecule has 2 rings (SSSR count). The van der Waals surface area contributed by atoms with Crippen molar-refractivity contribution in [1.82, 2.24) is 10.3 Å². The van der Waals surface area contributed by atoms with Gasteiger partial charge in [0, 0.05) is 31.4 Å². The Morgan fingerprint density at radius 3 is 2.61 bits per heavy atom. The first-order valence-corrected chi connectivity index (χ1v) is 5.93. The summed E-state index contributed by atoms with van der Waals surface area (Å²) in [5.41, 5.74) is -0.706. The van der Waals surface area contributed by atoms with Crippen LogP contribution in [-0.4, -0.2) is 30.2 Å². The normalized spacial score (nSPS) is 25.3. The Labute approximate surface area is 104 Å². The van der Waals surface area contributed by atoms with Gasteiger partial charge in [-0.15, -0.1) is 0 Å². The number of nitrogens with one attached hydrogen (secondary N) is 1. The third-order valence-electron chi connectivity index (χ3n) is 3.40. The highest BCUT2D eigenvalue weighted by Gasteiger charge is 2.31. The second-order valence-corrected chi connectivity index (χ2v) is 4.58. The van der Waals surface area contributed by atoms with Crippen LogP contribution in [0.5, 0.6) is 0 Å². The average molecular weight is 259 g/mol. The number of alkyl halides is 3. The van der Waals surface area contributed by atoms with E-state index in [1.54, 1.807) is 0 Å². The van der Waals surface area contributed by atoms with Gasteiger partial charge in [0.25, 0.3) is 0 Å². The van der Waals surface area contributed by atoms with E-state index < -0.39 is 11.7 Å². The van der Waals surface area contributed by atoms with E-state index in [4.69, 9.17) is 0 Å². The fraction of sp³-hybridized carbons (Fsp3) is 0.583. The number of pyridine rings is 1. The first kappa shape index (κ1) is 13.1. The van der Waals surface area contributed by atoms with Crippen molar-refractivity contribution in [2.24, 2.45) is 0 Å². The molecule has 1 aromatic rings. The van der Waals surface area contributed by atoms with Crippen LogP contribution in [0.25, 0.3) is 0 Å². The van der Waals surface area contributed by atoms with Crippen LogP contribution in [0.15, 0.2) is 18.3 Å². The molecular formula is C12H16F3N3. The quantitative estimate of drug-likeness (QED) is 0.838. The third kappa shape index (κ3) is 2.58. The van der Waals surface area contributed by atoms with Crippen LogP contribution < -0.4 is 10.2 Å². The van der Waals surface area contributed by atoms with Gasteiger partial charge in [-0.3, -0.25) is 0 Å². The molecule has 0 saturated carbocycles. The zero-order valence-corrected chi connectivity index (χ0v) is 10.3. The van der Waals surface area contributed by atoms with E-state index in [2.05, 4.69) is 17.2 Å². The molecule has 0 aliphatic carbocycles. The molecule has 1 aliphatic rings. The molecule has 3 nitrogen and oxygen atoms in total. The van der Waals surface area contributed by atoms with E-state index in [-0.39, 0.29) is 6.04 Å². The summed E-state index contributed by atoms with van der Waals surface area (Å²) in [4.78, 5) is 5.96. The number of anilines is 1. The summed E-state index contributed by atoms with van der Waals surface area (Å²) in [5.74, 6) is 0.601. The second-order valence-electron chi connectivity index (χ2n) is 4.58. The van der Waals surface area contributed by atoms with Gasteiger partial charge < -0.3 is 10.2 Å². The molecule has 18 heavy (non-hydrogen) atoms. The lowest BCUT2D eigenvalue weighted by molar-refractivity contribution is -0.137. The van der Waals surface area contributed by atoms with Crippen molar-refractivity contribution in [1.29, 1.82) is 0 Å². The Morgan fingerprint density at radius 2 is 2.06 bits per heavy atom. The molecule has 0 radical (unpaired) electrons. The summed E-state index contributed by atoms with van der Waals surface area (Å²) in [6, 6.07) is 3.03. The third-order valence-corrected chi connectivity index (χ3v) is 3.40. The smallest absolute Gasteiger partial charge is 0.351 e. The van der Waals surface area contributed by atoms with Crippen LogP contribution in [-0.2, 0) is 6.18 Å². The highest BCUT2D eigenvalue weighted by atomic mass is 19.4. The number of halogens is 3. The Balaban J connectivity index is 2.19. The second kappa shape index (κ2) is 4.76.